The molecule has 1 aliphatic rings. The molecule has 0 aromatic heterocycles. The summed E-state index contributed by atoms with van der Waals surface area (Å²) < 4.78 is 36.8. The van der Waals surface area contributed by atoms with Gasteiger partial charge in [-0.25, -0.2) is 13.2 Å². The number of benzene rings is 2. The topological polar surface area (TPSA) is 102 Å². The summed E-state index contributed by atoms with van der Waals surface area (Å²) in [5.41, 5.74) is 0.312. The molecule has 1 heterocycles. The highest BCUT2D eigenvalue weighted by atomic mass is 32.2. The van der Waals surface area contributed by atoms with E-state index in [9.17, 15) is 18.0 Å². The number of hydrogen-bond donors (Lipinski definition) is 1. The first-order valence-corrected chi connectivity index (χ1v) is 10.6. The van der Waals surface area contributed by atoms with Gasteiger partial charge in [-0.05, 0) is 43.2 Å². The second-order valence-corrected chi connectivity index (χ2v) is 8.39. The van der Waals surface area contributed by atoms with Crippen LogP contribution in [0.25, 0.3) is 0 Å². The van der Waals surface area contributed by atoms with E-state index < -0.39 is 28.5 Å². The zero-order chi connectivity index (χ0) is 20.7. The lowest BCUT2D eigenvalue weighted by atomic mass is 10.3. The molecule has 154 valence electrons. The highest BCUT2D eigenvalue weighted by Crippen LogP contribution is 2.23. The van der Waals surface area contributed by atoms with E-state index >= 15 is 0 Å². The number of para-hydroxylation sites is 1. The predicted molar refractivity (Wildman–Crippen MR) is 106 cm³/mol. The molecule has 3 rings (SSSR count). The molecule has 0 spiro atoms. The maximum absolute atomic E-state index is 12.6. The Hall–Kier alpha value is -2.91. The molecule has 0 saturated carbocycles. The third kappa shape index (κ3) is 5.78. The first-order chi connectivity index (χ1) is 13.9. The van der Waals surface area contributed by atoms with Gasteiger partial charge in [0.25, 0.3) is 5.91 Å². The standard InChI is InChI=1S/C20H22N2O6S/c23-19(14-28-20(24)15-27-17-8-2-1-3-9-17)21-16-7-6-10-18(13-16)29(25,26)22-11-4-5-12-22/h1-3,6-10,13H,4-5,11-12,14-15H2,(H,21,23). The van der Waals surface area contributed by atoms with Gasteiger partial charge in [0, 0.05) is 18.8 Å². The molecule has 2 aromatic carbocycles. The molecule has 1 fully saturated rings. The Balaban J connectivity index is 1.49. The van der Waals surface area contributed by atoms with Crippen molar-refractivity contribution in [1.82, 2.24) is 4.31 Å². The van der Waals surface area contributed by atoms with Crippen LogP contribution in [0, 0.1) is 0 Å². The molecule has 1 N–H and O–H groups in total. The zero-order valence-corrected chi connectivity index (χ0v) is 16.6. The second kappa shape index (κ2) is 9.53. The molecule has 8 nitrogen and oxygen atoms in total. The Morgan fingerprint density at radius 1 is 0.966 bits per heavy atom. The molecular weight excluding hydrogens is 396 g/mol. The van der Waals surface area contributed by atoms with E-state index in [0.29, 0.717) is 24.5 Å². The quantitative estimate of drug-likeness (QED) is 0.658. The van der Waals surface area contributed by atoms with Crippen molar-refractivity contribution in [3.63, 3.8) is 0 Å². The van der Waals surface area contributed by atoms with E-state index in [4.69, 9.17) is 9.47 Å². The van der Waals surface area contributed by atoms with Gasteiger partial charge >= 0.3 is 5.97 Å². The molecule has 9 heteroatoms. The fourth-order valence-electron chi connectivity index (χ4n) is 2.86. The van der Waals surface area contributed by atoms with Crippen molar-refractivity contribution in [3.05, 3.63) is 54.6 Å². The number of carbonyl (C=O) groups is 2. The Kier molecular flexibility index (Phi) is 6.84. The Labute approximate surface area is 169 Å². The lowest BCUT2D eigenvalue weighted by Crippen LogP contribution is -2.28. The van der Waals surface area contributed by atoms with Crippen molar-refractivity contribution in [2.75, 3.05) is 31.6 Å². The van der Waals surface area contributed by atoms with Gasteiger partial charge in [0.05, 0.1) is 4.90 Å². The number of rotatable bonds is 8. The van der Waals surface area contributed by atoms with Crippen molar-refractivity contribution in [3.8, 4) is 5.75 Å². The Morgan fingerprint density at radius 3 is 2.41 bits per heavy atom. The van der Waals surface area contributed by atoms with Crippen LogP contribution in [0.3, 0.4) is 0 Å². The Bertz CT molecular complexity index is 956. The maximum Gasteiger partial charge on any atom is 0.344 e. The van der Waals surface area contributed by atoms with E-state index in [2.05, 4.69) is 5.32 Å². The molecule has 0 radical (unpaired) electrons. The van der Waals surface area contributed by atoms with Crippen LogP contribution in [-0.2, 0) is 24.3 Å². The van der Waals surface area contributed by atoms with Crippen molar-refractivity contribution in [1.29, 1.82) is 0 Å². The third-order valence-corrected chi connectivity index (χ3v) is 6.18. The fourth-order valence-corrected chi connectivity index (χ4v) is 4.42. The summed E-state index contributed by atoms with van der Waals surface area (Å²) in [6.45, 7) is 0.181. The highest BCUT2D eigenvalue weighted by molar-refractivity contribution is 7.89. The molecule has 1 saturated heterocycles. The van der Waals surface area contributed by atoms with Gasteiger partial charge in [0.1, 0.15) is 5.75 Å². The van der Waals surface area contributed by atoms with E-state index in [1.54, 1.807) is 36.4 Å². The number of nitrogens with one attached hydrogen (secondary N) is 1. The third-order valence-electron chi connectivity index (χ3n) is 4.28. The van der Waals surface area contributed by atoms with Gasteiger partial charge in [0.15, 0.2) is 13.2 Å². The summed E-state index contributed by atoms with van der Waals surface area (Å²) in [4.78, 5) is 23.8. The maximum atomic E-state index is 12.6. The molecule has 29 heavy (non-hydrogen) atoms. The first kappa shape index (κ1) is 20.8. The molecule has 1 amide bonds. The average Bonchev–Trinajstić information content (AvgIpc) is 3.27. The molecule has 0 bridgehead atoms. The summed E-state index contributed by atoms with van der Waals surface area (Å²) >= 11 is 0. The van der Waals surface area contributed by atoms with Gasteiger partial charge in [-0.3, -0.25) is 4.79 Å². The average molecular weight is 418 g/mol. The van der Waals surface area contributed by atoms with Gasteiger partial charge in [-0.15, -0.1) is 0 Å². The SMILES string of the molecule is O=C(COC(=O)COc1ccccc1)Nc1cccc(S(=O)(=O)N2CCCC2)c1. The van der Waals surface area contributed by atoms with Crippen molar-refractivity contribution in [2.45, 2.75) is 17.7 Å². The highest BCUT2D eigenvalue weighted by Gasteiger charge is 2.27. The lowest BCUT2D eigenvalue weighted by molar-refractivity contribution is -0.149. The number of carbonyl (C=O) groups excluding carboxylic acids is 2. The zero-order valence-electron chi connectivity index (χ0n) is 15.7. The van der Waals surface area contributed by atoms with Gasteiger partial charge < -0.3 is 14.8 Å². The minimum Gasteiger partial charge on any atom is -0.482 e. The van der Waals surface area contributed by atoms with Crippen molar-refractivity contribution < 1.29 is 27.5 Å². The van der Waals surface area contributed by atoms with Gasteiger partial charge in [0.2, 0.25) is 10.0 Å². The number of nitrogens with zero attached hydrogens (tertiary/aromatic N) is 1. The van der Waals surface area contributed by atoms with Crippen LogP contribution in [0.5, 0.6) is 5.75 Å². The number of hydrogen-bond acceptors (Lipinski definition) is 6. The number of anilines is 1. The van der Waals surface area contributed by atoms with Crippen LogP contribution in [0.1, 0.15) is 12.8 Å². The van der Waals surface area contributed by atoms with Crippen LogP contribution < -0.4 is 10.1 Å². The van der Waals surface area contributed by atoms with Crippen LogP contribution in [-0.4, -0.2) is 50.9 Å². The first-order valence-electron chi connectivity index (χ1n) is 9.19. The van der Waals surface area contributed by atoms with Crippen molar-refractivity contribution in [2.24, 2.45) is 0 Å². The van der Waals surface area contributed by atoms with Crippen LogP contribution in [0.2, 0.25) is 0 Å². The summed E-state index contributed by atoms with van der Waals surface area (Å²) in [5, 5.41) is 2.53. The molecule has 0 aliphatic carbocycles. The summed E-state index contributed by atoms with van der Waals surface area (Å²) in [6.07, 6.45) is 1.68. The number of esters is 1. The molecule has 1 aliphatic heterocycles. The fraction of sp³-hybridized carbons (Fsp3) is 0.300. The van der Waals surface area contributed by atoms with Crippen LogP contribution in [0.15, 0.2) is 59.5 Å². The van der Waals surface area contributed by atoms with Crippen LogP contribution >= 0.6 is 0 Å². The van der Waals surface area contributed by atoms with E-state index in [-0.39, 0.29) is 11.5 Å². The van der Waals surface area contributed by atoms with E-state index in [0.717, 1.165) is 12.8 Å². The van der Waals surface area contributed by atoms with Gasteiger partial charge in [-0.1, -0.05) is 24.3 Å². The van der Waals surface area contributed by atoms with Crippen LogP contribution in [0.4, 0.5) is 5.69 Å². The monoisotopic (exact) mass is 418 g/mol. The summed E-state index contributed by atoms with van der Waals surface area (Å²) in [6, 6.07) is 14.8. The Morgan fingerprint density at radius 2 is 1.69 bits per heavy atom. The van der Waals surface area contributed by atoms with E-state index in [1.807, 2.05) is 6.07 Å². The molecule has 0 atom stereocenters. The molecular formula is C20H22N2O6S. The lowest BCUT2D eigenvalue weighted by Gasteiger charge is -2.16. The largest absolute Gasteiger partial charge is 0.482 e. The number of ether oxygens (including phenoxy) is 2. The normalized spacial score (nSPS) is 14.3. The van der Waals surface area contributed by atoms with E-state index in [1.165, 1.54) is 16.4 Å². The molecule has 0 unspecified atom stereocenters. The predicted octanol–water partition coefficient (Wildman–Crippen LogP) is 2.03. The summed E-state index contributed by atoms with van der Waals surface area (Å²) in [5.74, 6) is -0.743. The smallest absolute Gasteiger partial charge is 0.344 e. The van der Waals surface area contributed by atoms with Gasteiger partial charge in [-0.2, -0.15) is 4.31 Å². The summed E-state index contributed by atoms with van der Waals surface area (Å²) in [7, 11) is -3.58. The minimum absolute atomic E-state index is 0.116. The minimum atomic E-state index is -3.58. The number of sulfonamides is 1. The molecule has 2 aromatic rings. The number of amides is 1. The second-order valence-electron chi connectivity index (χ2n) is 6.45. The van der Waals surface area contributed by atoms with Crippen molar-refractivity contribution >= 4 is 27.6 Å².